The summed E-state index contributed by atoms with van der Waals surface area (Å²) >= 11 is 0. The van der Waals surface area contributed by atoms with Crippen LogP contribution in [0.4, 0.5) is 0 Å². The van der Waals surface area contributed by atoms with Crippen molar-refractivity contribution in [2.75, 3.05) is 33.2 Å². The lowest BCUT2D eigenvalue weighted by Gasteiger charge is -2.21. The minimum absolute atomic E-state index is 0.441. The Labute approximate surface area is 113 Å². The van der Waals surface area contributed by atoms with Crippen molar-refractivity contribution < 1.29 is 0 Å². The largest absolute Gasteiger partial charge is 0.354 e. The van der Waals surface area contributed by atoms with E-state index in [0.717, 1.165) is 32.0 Å². The van der Waals surface area contributed by atoms with Crippen molar-refractivity contribution in [1.82, 2.24) is 15.5 Å². The molecule has 106 valence electrons. The van der Waals surface area contributed by atoms with Crippen molar-refractivity contribution in [3.8, 4) is 0 Å². The van der Waals surface area contributed by atoms with Crippen LogP contribution in [0.3, 0.4) is 0 Å². The summed E-state index contributed by atoms with van der Waals surface area (Å²) in [4.78, 5) is 6.63. The third-order valence-corrected chi connectivity index (χ3v) is 3.03. The van der Waals surface area contributed by atoms with E-state index < -0.39 is 0 Å². The van der Waals surface area contributed by atoms with Crippen LogP contribution >= 0.6 is 0 Å². The number of rotatable bonds is 9. The summed E-state index contributed by atoms with van der Waals surface area (Å²) in [5, 5.41) is 6.57. The monoisotopic (exact) mass is 254 g/mol. The predicted octanol–water partition coefficient (Wildman–Crippen LogP) is 1.85. The van der Waals surface area contributed by atoms with E-state index in [9.17, 15) is 0 Å². The van der Waals surface area contributed by atoms with Gasteiger partial charge in [-0.25, -0.2) is 0 Å². The molecule has 0 aromatic rings. The molecule has 4 nitrogen and oxygen atoms in total. The molecule has 18 heavy (non-hydrogen) atoms. The fraction of sp³-hybridized carbons (Fsp3) is 0.786. The van der Waals surface area contributed by atoms with Gasteiger partial charge in [0.1, 0.15) is 0 Å². The summed E-state index contributed by atoms with van der Waals surface area (Å²) in [5.41, 5.74) is 0. The minimum atomic E-state index is 0.441. The first-order chi connectivity index (χ1) is 8.67. The molecule has 1 atom stereocenters. The molecule has 1 unspecified atom stereocenters. The van der Waals surface area contributed by atoms with Gasteiger partial charge in [-0.15, -0.1) is 6.58 Å². The first-order valence-electron chi connectivity index (χ1n) is 6.98. The number of nitrogens with one attached hydrogen (secondary N) is 2. The van der Waals surface area contributed by atoms with E-state index in [1.54, 1.807) is 7.05 Å². The van der Waals surface area contributed by atoms with Gasteiger partial charge in [0.2, 0.25) is 0 Å². The molecule has 0 spiro atoms. The summed E-state index contributed by atoms with van der Waals surface area (Å²) in [6.45, 7) is 14.5. The van der Waals surface area contributed by atoms with Gasteiger partial charge in [-0.3, -0.25) is 4.99 Å². The molecule has 0 amide bonds. The number of nitrogens with zero attached hydrogens (tertiary/aromatic N) is 2. The van der Waals surface area contributed by atoms with Crippen LogP contribution in [0.1, 0.15) is 33.6 Å². The van der Waals surface area contributed by atoms with Gasteiger partial charge >= 0.3 is 0 Å². The maximum Gasteiger partial charge on any atom is 0.191 e. The van der Waals surface area contributed by atoms with Crippen molar-refractivity contribution in [3.63, 3.8) is 0 Å². The smallest absolute Gasteiger partial charge is 0.191 e. The van der Waals surface area contributed by atoms with Crippen LogP contribution in [0.25, 0.3) is 0 Å². The Morgan fingerprint density at radius 3 is 2.56 bits per heavy atom. The molecule has 0 radical (unpaired) electrons. The highest BCUT2D eigenvalue weighted by molar-refractivity contribution is 5.80. The highest BCUT2D eigenvalue weighted by atomic mass is 15.2. The lowest BCUT2D eigenvalue weighted by atomic mass is 10.2. The molecule has 0 aromatic carbocycles. The fourth-order valence-electron chi connectivity index (χ4n) is 1.83. The van der Waals surface area contributed by atoms with Crippen molar-refractivity contribution >= 4 is 5.96 Å². The van der Waals surface area contributed by atoms with E-state index in [2.05, 4.69) is 47.9 Å². The molecule has 0 aromatic heterocycles. The Bertz CT molecular complexity index is 234. The number of hydrogen-bond acceptors (Lipinski definition) is 2. The normalized spacial score (nSPS) is 13.5. The third-order valence-electron chi connectivity index (χ3n) is 3.03. The van der Waals surface area contributed by atoms with Gasteiger partial charge in [-0.1, -0.05) is 19.9 Å². The maximum atomic E-state index is 4.18. The molecule has 0 saturated carbocycles. The molecule has 0 aliphatic rings. The van der Waals surface area contributed by atoms with Gasteiger partial charge in [0.25, 0.3) is 0 Å². The van der Waals surface area contributed by atoms with Gasteiger partial charge in [-0.05, 0) is 39.4 Å². The van der Waals surface area contributed by atoms with Crippen molar-refractivity contribution in [2.45, 2.75) is 39.7 Å². The molecule has 0 bridgehead atoms. The van der Waals surface area contributed by atoms with Crippen LogP contribution in [0.15, 0.2) is 17.6 Å². The van der Waals surface area contributed by atoms with Crippen molar-refractivity contribution in [1.29, 1.82) is 0 Å². The lowest BCUT2D eigenvalue weighted by Crippen LogP contribution is -2.42. The van der Waals surface area contributed by atoms with E-state index in [1.807, 2.05) is 6.08 Å². The Hall–Kier alpha value is -1.03. The first kappa shape index (κ1) is 17.0. The van der Waals surface area contributed by atoms with Gasteiger partial charge in [0.05, 0.1) is 0 Å². The Morgan fingerprint density at radius 2 is 2.06 bits per heavy atom. The summed E-state index contributed by atoms with van der Waals surface area (Å²) in [7, 11) is 1.79. The van der Waals surface area contributed by atoms with Crippen LogP contribution in [0.2, 0.25) is 0 Å². The van der Waals surface area contributed by atoms with E-state index in [1.165, 1.54) is 13.0 Å². The van der Waals surface area contributed by atoms with Crippen molar-refractivity contribution in [2.24, 2.45) is 4.99 Å². The van der Waals surface area contributed by atoms with E-state index in [-0.39, 0.29) is 0 Å². The van der Waals surface area contributed by atoms with E-state index in [0.29, 0.717) is 6.04 Å². The van der Waals surface area contributed by atoms with Gasteiger partial charge in [0.15, 0.2) is 5.96 Å². The first-order valence-corrected chi connectivity index (χ1v) is 6.98. The number of guanidine groups is 1. The molecule has 4 heteroatoms. The average molecular weight is 254 g/mol. The molecule has 0 aliphatic carbocycles. The highest BCUT2D eigenvalue weighted by Gasteiger charge is 2.05. The highest BCUT2D eigenvalue weighted by Crippen LogP contribution is 1.99. The zero-order valence-electron chi connectivity index (χ0n) is 12.5. The maximum absolute atomic E-state index is 4.18. The standard InChI is InChI=1S/C14H30N4/c1-6-11-16-14(15-5)17-13(4)10-9-12-18(7-2)8-3/h6,13H,1,7-12H2,2-5H3,(H2,15,16,17). The SMILES string of the molecule is C=CCNC(=NC)NC(C)CCCN(CC)CC. The molecule has 0 saturated heterocycles. The quantitative estimate of drug-likeness (QED) is 0.375. The van der Waals surface area contributed by atoms with Crippen LogP contribution in [-0.4, -0.2) is 50.1 Å². The lowest BCUT2D eigenvalue weighted by molar-refractivity contribution is 0.292. The second-order valence-electron chi connectivity index (χ2n) is 4.46. The fourth-order valence-corrected chi connectivity index (χ4v) is 1.83. The van der Waals surface area contributed by atoms with Crippen LogP contribution in [0.5, 0.6) is 0 Å². The topological polar surface area (TPSA) is 39.7 Å². The van der Waals surface area contributed by atoms with Crippen LogP contribution in [-0.2, 0) is 0 Å². The van der Waals surface area contributed by atoms with Gasteiger partial charge < -0.3 is 15.5 Å². The zero-order valence-corrected chi connectivity index (χ0v) is 12.5. The molecule has 0 heterocycles. The predicted molar refractivity (Wildman–Crippen MR) is 81.2 cm³/mol. The van der Waals surface area contributed by atoms with Gasteiger partial charge in [0, 0.05) is 19.6 Å². The summed E-state index contributed by atoms with van der Waals surface area (Å²) in [6, 6.07) is 0.441. The summed E-state index contributed by atoms with van der Waals surface area (Å²) in [5.74, 6) is 0.852. The van der Waals surface area contributed by atoms with Crippen molar-refractivity contribution in [3.05, 3.63) is 12.7 Å². The van der Waals surface area contributed by atoms with E-state index in [4.69, 9.17) is 0 Å². The Morgan fingerprint density at radius 1 is 1.39 bits per heavy atom. The zero-order chi connectivity index (χ0) is 13.8. The van der Waals surface area contributed by atoms with Crippen LogP contribution in [0, 0.1) is 0 Å². The second-order valence-corrected chi connectivity index (χ2v) is 4.46. The number of aliphatic imine (C=N–C) groups is 1. The average Bonchev–Trinajstić information content (AvgIpc) is 2.39. The Balaban J connectivity index is 3.81. The molecule has 0 aliphatic heterocycles. The minimum Gasteiger partial charge on any atom is -0.354 e. The van der Waals surface area contributed by atoms with Crippen LogP contribution < -0.4 is 10.6 Å². The second kappa shape index (κ2) is 11.1. The molecule has 2 N–H and O–H groups in total. The summed E-state index contributed by atoms with van der Waals surface area (Å²) in [6.07, 6.45) is 4.21. The summed E-state index contributed by atoms with van der Waals surface area (Å²) < 4.78 is 0. The van der Waals surface area contributed by atoms with E-state index >= 15 is 0 Å². The third kappa shape index (κ3) is 8.12. The van der Waals surface area contributed by atoms with Gasteiger partial charge in [-0.2, -0.15) is 0 Å². The molecule has 0 fully saturated rings. The molecule has 0 rings (SSSR count). The Kier molecular flexibility index (Phi) is 10.4. The molecular weight excluding hydrogens is 224 g/mol. The molecular formula is C14H30N4. The number of hydrogen-bond donors (Lipinski definition) is 2.